The lowest BCUT2D eigenvalue weighted by Gasteiger charge is -2.16. The molecule has 10 rings (SSSR count). The van der Waals surface area contributed by atoms with Crippen LogP contribution in [0.1, 0.15) is 0 Å². The molecule has 2 heteroatoms. The summed E-state index contributed by atoms with van der Waals surface area (Å²) >= 11 is 0. The number of benzene rings is 9. The summed E-state index contributed by atoms with van der Waals surface area (Å²) in [6.45, 7) is 0. The van der Waals surface area contributed by atoms with Gasteiger partial charge < -0.3 is 0 Å². The summed E-state index contributed by atoms with van der Waals surface area (Å²) in [7, 11) is 0. The molecule has 0 N–H and O–H groups in total. The van der Waals surface area contributed by atoms with Crippen LogP contribution in [-0.4, -0.2) is 9.97 Å². The standard InChI is InChI=1S/C50H32N2/c1-2-14-35(15-3-1)48-32-49(46-28-26-40(42-18-8-10-20-44(42)46)38-24-22-33-12-4-6-16-36(33)30-38)52-50(51-48)47-29-27-41(43-19-9-11-21-45(43)47)39-25-23-34-13-5-7-17-37(34)31-39/h1-32H. The highest BCUT2D eigenvalue weighted by molar-refractivity contribution is 6.07. The van der Waals surface area contributed by atoms with E-state index >= 15 is 0 Å². The first-order chi connectivity index (χ1) is 25.8. The summed E-state index contributed by atoms with van der Waals surface area (Å²) in [6, 6.07) is 69.3. The predicted molar refractivity (Wildman–Crippen MR) is 219 cm³/mol. The smallest absolute Gasteiger partial charge is 0.161 e. The third-order valence-electron chi connectivity index (χ3n) is 10.3. The van der Waals surface area contributed by atoms with Gasteiger partial charge in [-0.1, -0.05) is 170 Å². The second-order valence-corrected chi connectivity index (χ2v) is 13.4. The van der Waals surface area contributed by atoms with Gasteiger partial charge >= 0.3 is 0 Å². The first kappa shape index (κ1) is 30.0. The van der Waals surface area contributed by atoms with Gasteiger partial charge in [-0.05, 0) is 89.6 Å². The van der Waals surface area contributed by atoms with Crippen LogP contribution in [0, 0.1) is 0 Å². The molecule has 0 aliphatic rings. The van der Waals surface area contributed by atoms with E-state index in [2.05, 4.69) is 188 Å². The lowest BCUT2D eigenvalue weighted by Crippen LogP contribution is -1.98. The summed E-state index contributed by atoms with van der Waals surface area (Å²) in [5.74, 6) is 0.709. The molecule has 0 aliphatic heterocycles. The van der Waals surface area contributed by atoms with Crippen molar-refractivity contribution < 1.29 is 0 Å². The average Bonchev–Trinajstić information content (AvgIpc) is 3.22. The van der Waals surface area contributed by atoms with Crippen molar-refractivity contribution >= 4 is 43.1 Å². The first-order valence-electron chi connectivity index (χ1n) is 17.7. The Morgan fingerprint density at radius 2 is 0.673 bits per heavy atom. The molecule has 1 aromatic heterocycles. The minimum Gasteiger partial charge on any atom is -0.228 e. The van der Waals surface area contributed by atoms with Crippen LogP contribution in [0.15, 0.2) is 194 Å². The third kappa shape index (κ3) is 5.21. The second kappa shape index (κ2) is 12.5. The van der Waals surface area contributed by atoms with Gasteiger partial charge in [0.25, 0.3) is 0 Å². The quantitative estimate of drug-likeness (QED) is 0.184. The fourth-order valence-electron chi connectivity index (χ4n) is 7.70. The van der Waals surface area contributed by atoms with Crippen molar-refractivity contribution in [2.24, 2.45) is 0 Å². The number of rotatable bonds is 5. The van der Waals surface area contributed by atoms with Crippen molar-refractivity contribution in [1.82, 2.24) is 9.97 Å². The summed E-state index contributed by atoms with van der Waals surface area (Å²) in [5, 5.41) is 9.61. The van der Waals surface area contributed by atoms with Gasteiger partial charge in [0, 0.05) is 16.7 Å². The van der Waals surface area contributed by atoms with E-state index in [0.717, 1.165) is 38.9 Å². The summed E-state index contributed by atoms with van der Waals surface area (Å²) in [4.78, 5) is 10.6. The minimum absolute atomic E-state index is 0.709. The molecular formula is C50H32N2. The van der Waals surface area contributed by atoms with E-state index in [1.54, 1.807) is 0 Å². The van der Waals surface area contributed by atoms with Crippen molar-refractivity contribution in [2.45, 2.75) is 0 Å². The zero-order valence-electron chi connectivity index (χ0n) is 28.4. The normalized spacial score (nSPS) is 11.5. The maximum Gasteiger partial charge on any atom is 0.161 e. The Kier molecular flexibility index (Phi) is 7.18. The van der Waals surface area contributed by atoms with Crippen LogP contribution in [0.3, 0.4) is 0 Å². The lowest BCUT2D eigenvalue weighted by atomic mass is 9.92. The monoisotopic (exact) mass is 660 g/mol. The summed E-state index contributed by atoms with van der Waals surface area (Å²) in [5.41, 5.74) is 9.74. The Bertz CT molecular complexity index is 2780. The van der Waals surface area contributed by atoms with E-state index in [9.17, 15) is 0 Å². The largest absolute Gasteiger partial charge is 0.228 e. The maximum atomic E-state index is 5.38. The van der Waals surface area contributed by atoms with Crippen LogP contribution in [-0.2, 0) is 0 Å². The SMILES string of the molecule is c1ccc(-c2cc(-c3ccc(-c4ccc5ccccc5c4)c4ccccc34)nc(-c3ccc(-c4ccc5ccccc5c4)c4ccccc34)n2)cc1. The number of fused-ring (bicyclic) bond motifs is 4. The number of hydrogen-bond acceptors (Lipinski definition) is 2. The Morgan fingerprint density at radius 1 is 0.250 bits per heavy atom. The van der Waals surface area contributed by atoms with Gasteiger partial charge in [0.05, 0.1) is 11.4 Å². The molecule has 2 nitrogen and oxygen atoms in total. The highest BCUT2D eigenvalue weighted by Crippen LogP contribution is 2.40. The molecule has 0 atom stereocenters. The highest BCUT2D eigenvalue weighted by Gasteiger charge is 2.17. The maximum absolute atomic E-state index is 5.38. The van der Waals surface area contributed by atoms with E-state index < -0.39 is 0 Å². The van der Waals surface area contributed by atoms with Gasteiger partial charge in [-0.15, -0.1) is 0 Å². The van der Waals surface area contributed by atoms with Gasteiger partial charge in [0.1, 0.15) is 0 Å². The van der Waals surface area contributed by atoms with Crippen LogP contribution < -0.4 is 0 Å². The van der Waals surface area contributed by atoms with E-state index in [1.165, 1.54) is 54.6 Å². The van der Waals surface area contributed by atoms with Crippen molar-refractivity contribution in [3.63, 3.8) is 0 Å². The molecule has 0 radical (unpaired) electrons. The molecule has 1 heterocycles. The third-order valence-corrected chi connectivity index (χ3v) is 10.3. The molecule has 242 valence electrons. The van der Waals surface area contributed by atoms with E-state index in [4.69, 9.17) is 9.97 Å². The van der Waals surface area contributed by atoms with Crippen molar-refractivity contribution in [1.29, 1.82) is 0 Å². The Labute approximate surface area is 302 Å². The zero-order valence-corrected chi connectivity index (χ0v) is 28.4. The summed E-state index contributed by atoms with van der Waals surface area (Å²) < 4.78 is 0. The van der Waals surface area contributed by atoms with E-state index in [0.29, 0.717) is 5.82 Å². The van der Waals surface area contributed by atoms with Crippen molar-refractivity contribution in [3.05, 3.63) is 194 Å². The van der Waals surface area contributed by atoms with E-state index in [1.807, 2.05) is 6.07 Å². The number of hydrogen-bond donors (Lipinski definition) is 0. The summed E-state index contributed by atoms with van der Waals surface area (Å²) in [6.07, 6.45) is 0. The predicted octanol–water partition coefficient (Wildman–Crippen LogP) is 13.4. The fourth-order valence-corrected chi connectivity index (χ4v) is 7.70. The van der Waals surface area contributed by atoms with Crippen molar-refractivity contribution in [2.75, 3.05) is 0 Å². The molecule has 0 bridgehead atoms. The molecule has 0 saturated heterocycles. The molecule has 10 aromatic rings. The first-order valence-corrected chi connectivity index (χ1v) is 17.7. The molecular weight excluding hydrogens is 629 g/mol. The Morgan fingerprint density at radius 3 is 1.25 bits per heavy atom. The molecule has 9 aromatic carbocycles. The fraction of sp³-hybridized carbons (Fsp3) is 0. The highest BCUT2D eigenvalue weighted by atomic mass is 14.9. The average molecular weight is 661 g/mol. The van der Waals surface area contributed by atoms with Crippen molar-refractivity contribution in [3.8, 4) is 56.2 Å². The molecule has 0 fully saturated rings. The lowest BCUT2D eigenvalue weighted by molar-refractivity contribution is 1.19. The van der Waals surface area contributed by atoms with Gasteiger partial charge in [0.2, 0.25) is 0 Å². The minimum atomic E-state index is 0.709. The Hall–Kier alpha value is -6.90. The molecule has 52 heavy (non-hydrogen) atoms. The molecule has 0 aliphatic carbocycles. The Balaban J connectivity index is 1.17. The van der Waals surface area contributed by atoms with Crippen LogP contribution in [0.2, 0.25) is 0 Å². The van der Waals surface area contributed by atoms with Gasteiger partial charge in [-0.2, -0.15) is 0 Å². The number of aromatic nitrogens is 2. The van der Waals surface area contributed by atoms with Crippen LogP contribution in [0.4, 0.5) is 0 Å². The van der Waals surface area contributed by atoms with Crippen LogP contribution in [0.25, 0.3) is 99.2 Å². The van der Waals surface area contributed by atoms with Gasteiger partial charge in [0.15, 0.2) is 5.82 Å². The second-order valence-electron chi connectivity index (χ2n) is 13.4. The van der Waals surface area contributed by atoms with Gasteiger partial charge in [-0.3, -0.25) is 0 Å². The number of nitrogens with zero attached hydrogens (tertiary/aromatic N) is 2. The van der Waals surface area contributed by atoms with Crippen LogP contribution in [0.5, 0.6) is 0 Å². The van der Waals surface area contributed by atoms with Gasteiger partial charge in [-0.25, -0.2) is 9.97 Å². The zero-order chi connectivity index (χ0) is 34.4. The van der Waals surface area contributed by atoms with E-state index in [-0.39, 0.29) is 0 Å². The molecule has 0 saturated carbocycles. The molecule has 0 amide bonds. The van der Waals surface area contributed by atoms with Crippen LogP contribution >= 0.6 is 0 Å². The molecule has 0 spiro atoms. The molecule has 0 unspecified atom stereocenters. The topological polar surface area (TPSA) is 25.8 Å².